The summed E-state index contributed by atoms with van der Waals surface area (Å²) < 4.78 is 5.45. The minimum absolute atomic E-state index is 0.0133. The molecule has 110 valence electrons. The quantitative estimate of drug-likeness (QED) is 0.919. The second kappa shape index (κ2) is 6.44. The summed E-state index contributed by atoms with van der Waals surface area (Å²) in [7, 11) is 0. The Kier molecular flexibility index (Phi) is 4.41. The highest BCUT2D eigenvalue weighted by Gasteiger charge is 2.32. The van der Waals surface area contributed by atoms with Gasteiger partial charge in [0.1, 0.15) is 5.76 Å². The van der Waals surface area contributed by atoms with E-state index in [2.05, 4.69) is 10.2 Å². The van der Waals surface area contributed by atoms with Crippen LogP contribution in [0.5, 0.6) is 0 Å². The highest BCUT2D eigenvalue weighted by atomic mass is 16.3. The molecule has 1 N–H and O–H groups in total. The first-order chi connectivity index (χ1) is 9.84. The van der Waals surface area contributed by atoms with Gasteiger partial charge >= 0.3 is 0 Å². The van der Waals surface area contributed by atoms with E-state index in [-0.39, 0.29) is 11.9 Å². The number of furan rings is 1. The molecule has 2 aliphatic rings. The lowest BCUT2D eigenvalue weighted by Gasteiger charge is -2.33. The lowest BCUT2D eigenvalue weighted by Crippen LogP contribution is -2.51. The molecule has 1 atom stereocenters. The summed E-state index contributed by atoms with van der Waals surface area (Å²) in [4.78, 5) is 14.9. The van der Waals surface area contributed by atoms with Gasteiger partial charge in [0.05, 0.1) is 18.8 Å². The van der Waals surface area contributed by atoms with Gasteiger partial charge in [0.2, 0.25) is 5.91 Å². The Morgan fingerprint density at radius 2 is 2.05 bits per heavy atom. The van der Waals surface area contributed by atoms with Crippen LogP contribution < -0.4 is 5.32 Å². The van der Waals surface area contributed by atoms with Crippen LogP contribution in [0.4, 0.5) is 0 Å². The van der Waals surface area contributed by atoms with Crippen LogP contribution in [-0.2, 0) is 11.3 Å². The summed E-state index contributed by atoms with van der Waals surface area (Å²) in [6.07, 6.45) is 9.76. The molecule has 1 aromatic heterocycles. The van der Waals surface area contributed by atoms with Gasteiger partial charge in [-0.3, -0.25) is 4.79 Å². The monoisotopic (exact) mass is 276 g/mol. The Labute approximate surface area is 120 Å². The van der Waals surface area contributed by atoms with Gasteiger partial charge in [0.15, 0.2) is 0 Å². The summed E-state index contributed by atoms with van der Waals surface area (Å²) in [5, 5.41) is 3.38. The van der Waals surface area contributed by atoms with Crippen molar-refractivity contribution < 1.29 is 9.21 Å². The van der Waals surface area contributed by atoms with E-state index in [4.69, 9.17) is 4.42 Å². The molecule has 4 heteroatoms. The molecule has 0 spiro atoms. The van der Waals surface area contributed by atoms with E-state index < -0.39 is 0 Å². The molecule has 0 aromatic carbocycles. The van der Waals surface area contributed by atoms with Crippen molar-refractivity contribution in [1.29, 1.82) is 0 Å². The smallest absolute Gasteiger partial charge is 0.240 e. The first kappa shape index (κ1) is 13.7. The number of rotatable bonds is 4. The molecule has 3 rings (SSSR count). The minimum Gasteiger partial charge on any atom is -0.467 e. The third-order valence-corrected chi connectivity index (χ3v) is 4.56. The van der Waals surface area contributed by atoms with Crippen molar-refractivity contribution in [3.63, 3.8) is 0 Å². The topological polar surface area (TPSA) is 45.5 Å². The van der Waals surface area contributed by atoms with E-state index in [1.54, 1.807) is 6.26 Å². The van der Waals surface area contributed by atoms with Gasteiger partial charge in [-0.2, -0.15) is 0 Å². The number of hydrogen-bond acceptors (Lipinski definition) is 3. The minimum atomic E-state index is 0.0133. The van der Waals surface area contributed by atoms with Crippen molar-refractivity contribution in [2.24, 2.45) is 0 Å². The Morgan fingerprint density at radius 1 is 1.25 bits per heavy atom. The van der Waals surface area contributed by atoms with E-state index in [0.29, 0.717) is 12.6 Å². The number of amides is 1. The van der Waals surface area contributed by atoms with Crippen LogP contribution in [0.1, 0.15) is 50.7 Å². The average Bonchev–Trinajstić information content (AvgIpc) is 3.18. The molecule has 1 aliphatic carbocycles. The molecule has 1 aromatic rings. The summed E-state index contributed by atoms with van der Waals surface area (Å²) in [5.41, 5.74) is 0. The number of hydrogen-bond donors (Lipinski definition) is 1. The molecule has 1 saturated carbocycles. The van der Waals surface area contributed by atoms with Crippen LogP contribution in [0.2, 0.25) is 0 Å². The Bertz CT molecular complexity index is 418. The molecule has 20 heavy (non-hydrogen) atoms. The number of carbonyl (C=O) groups excluding carboxylic acids is 1. The van der Waals surface area contributed by atoms with E-state index in [0.717, 1.165) is 38.0 Å². The fraction of sp³-hybridized carbons (Fsp3) is 0.688. The summed E-state index contributed by atoms with van der Waals surface area (Å²) in [5.74, 6) is 1.16. The van der Waals surface area contributed by atoms with Crippen molar-refractivity contribution in [3.8, 4) is 0 Å². The maximum absolute atomic E-state index is 12.8. The van der Waals surface area contributed by atoms with E-state index >= 15 is 0 Å². The fourth-order valence-corrected chi connectivity index (χ4v) is 3.44. The van der Waals surface area contributed by atoms with E-state index in [1.165, 1.54) is 19.3 Å². The largest absolute Gasteiger partial charge is 0.467 e. The molecular weight excluding hydrogens is 252 g/mol. The van der Waals surface area contributed by atoms with Crippen LogP contribution in [0.3, 0.4) is 0 Å². The van der Waals surface area contributed by atoms with Gasteiger partial charge < -0.3 is 14.6 Å². The fourth-order valence-electron chi connectivity index (χ4n) is 3.44. The number of piperidine rings is 1. The molecule has 2 fully saturated rings. The van der Waals surface area contributed by atoms with Crippen molar-refractivity contribution >= 4 is 5.91 Å². The molecule has 4 nitrogen and oxygen atoms in total. The summed E-state index contributed by atoms with van der Waals surface area (Å²) >= 11 is 0. The Hall–Kier alpha value is -1.29. The summed E-state index contributed by atoms with van der Waals surface area (Å²) in [6.45, 7) is 1.59. The first-order valence-electron chi connectivity index (χ1n) is 7.91. The molecule has 1 aliphatic heterocycles. The second-order valence-corrected chi connectivity index (χ2v) is 5.99. The predicted octanol–water partition coefficient (Wildman–Crippen LogP) is 2.69. The molecule has 1 amide bonds. The van der Waals surface area contributed by atoms with Gasteiger partial charge in [-0.1, -0.05) is 19.3 Å². The standard InChI is InChI=1S/C16H24N2O2/c19-16(15-9-3-4-10-17-15)18(13-6-1-2-7-13)12-14-8-5-11-20-14/h5,8,11,13,15,17H,1-4,6-7,9-10,12H2. The Balaban J connectivity index is 1.71. The lowest BCUT2D eigenvalue weighted by atomic mass is 10.0. The Morgan fingerprint density at radius 3 is 2.70 bits per heavy atom. The van der Waals surface area contributed by atoms with Crippen LogP contribution in [0.15, 0.2) is 22.8 Å². The lowest BCUT2D eigenvalue weighted by molar-refractivity contribution is -0.137. The van der Waals surface area contributed by atoms with Crippen molar-refractivity contribution in [2.45, 2.75) is 63.6 Å². The SMILES string of the molecule is O=C(C1CCCCN1)N(Cc1ccco1)C1CCCC1. The average molecular weight is 276 g/mol. The van der Waals surface area contributed by atoms with Gasteiger partial charge in [0, 0.05) is 6.04 Å². The van der Waals surface area contributed by atoms with Crippen LogP contribution in [0.25, 0.3) is 0 Å². The zero-order chi connectivity index (χ0) is 13.8. The zero-order valence-electron chi connectivity index (χ0n) is 12.0. The van der Waals surface area contributed by atoms with Crippen molar-refractivity contribution in [1.82, 2.24) is 10.2 Å². The van der Waals surface area contributed by atoms with Gasteiger partial charge in [-0.25, -0.2) is 0 Å². The normalized spacial score (nSPS) is 23.9. The highest BCUT2D eigenvalue weighted by Crippen LogP contribution is 2.26. The van der Waals surface area contributed by atoms with Crippen LogP contribution >= 0.6 is 0 Å². The molecule has 2 heterocycles. The van der Waals surface area contributed by atoms with Crippen LogP contribution in [-0.4, -0.2) is 29.4 Å². The van der Waals surface area contributed by atoms with Gasteiger partial charge in [-0.15, -0.1) is 0 Å². The van der Waals surface area contributed by atoms with Crippen molar-refractivity contribution in [3.05, 3.63) is 24.2 Å². The number of nitrogens with one attached hydrogen (secondary N) is 1. The van der Waals surface area contributed by atoms with Crippen LogP contribution in [0, 0.1) is 0 Å². The molecule has 1 unspecified atom stereocenters. The second-order valence-electron chi connectivity index (χ2n) is 5.99. The molecule has 0 radical (unpaired) electrons. The zero-order valence-corrected chi connectivity index (χ0v) is 12.0. The first-order valence-corrected chi connectivity index (χ1v) is 7.91. The van der Waals surface area contributed by atoms with E-state index in [1.807, 2.05) is 12.1 Å². The number of nitrogens with zero attached hydrogens (tertiary/aromatic N) is 1. The van der Waals surface area contributed by atoms with E-state index in [9.17, 15) is 4.79 Å². The predicted molar refractivity (Wildman–Crippen MR) is 77.2 cm³/mol. The van der Waals surface area contributed by atoms with Crippen molar-refractivity contribution in [2.75, 3.05) is 6.54 Å². The highest BCUT2D eigenvalue weighted by molar-refractivity contribution is 5.82. The maximum atomic E-state index is 12.8. The molecule has 1 saturated heterocycles. The van der Waals surface area contributed by atoms with Gasteiger partial charge in [0.25, 0.3) is 0 Å². The van der Waals surface area contributed by atoms with Gasteiger partial charge in [-0.05, 0) is 44.4 Å². The summed E-state index contributed by atoms with van der Waals surface area (Å²) in [6, 6.07) is 4.27. The third-order valence-electron chi connectivity index (χ3n) is 4.56. The number of carbonyl (C=O) groups is 1. The maximum Gasteiger partial charge on any atom is 0.240 e. The molecule has 0 bridgehead atoms. The third kappa shape index (κ3) is 3.06. The molecular formula is C16H24N2O2.